The number of hydrogen-bond donors (Lipinski definition) is 1. The largest absolute Gasteiger partial charge is 0.452 e. The predicted molar refractivity (Wildman–Crippen MR) is 93.7 cm³/mol. The number of ether oxygens (including phenoxy) is 1. The zero-order chi connectivity index (χ0) is 19.4. The van der Waals surface area contributed by atoms with Gasteiger partial charge in [-0.15, -0.1) is 0 Å². The fraction of sp³-hybridized carbons (Fsp3) is 0.353. The van der Waals surface area contributed by atoms with Gasteiger partial charge in [0.05, 0.1) is 28.4 Å². The van der Waals surface area contributed by atoms with E-state index in [0.29, 0.717) is 11.4 Å². The van der Waals surface area contributed by atoms with Crippen LogP contribution in [0.3, 0.4) is 0 Å². The first kappa shape index (κ1) is 19.1. The average molecular weight is 360 g/mol. The number of aromatic nitrogens is 2. The molecule has 9 nitrogen and oxygen atoms in total. The van der Waals surface area contributed by atoms with E-state index in [9.17, 15) is 19.7 Å². The summed E-state index contributed by atoms with van der Waals surface area (Å²) in [5.41, 5.74) is 2.06. The maximum Gasteiger partial charge on any atom is 0.311 e. The van der Waals surface area contributed by atoms with Crippen LogP contribution in [0.5, 0.6) is 0 Å². The van der Waals surface area contributed by atoms with Crippen LogP contribution in [0.1, 0.15) is 23.9 Å². The minimum Gasteiger partial charge on any atom is -0.452 e. The Hall–Kier alpha value is -3.23. The smallest absolute Gasteiger partial charge is 0.311 e. The number of para-hydroxylation sites is 1. The van der Waals surface area contributed by atoms with Gasteiger partial charge < -0.3 is 10.1 Å². The fourth-order valence-corrected chi connectivity index (χ4v) is 2.47. The highest BCUT2D eigenvalue weighted by molar-refractivity contribution is 5.96. The molecule has 0 aliphatic heterocycles. The molecule has 1 aromatic heterocycles. The number of benzene rings is 1. The summed E-state index contributed by atoms with van der Waals surface area (Å²) >= 11 is 0. The maximum absolute atomic E-state index is 12.3. The first-order valence-electron chi connectivity index (χ1n) is 7.93. The minimum atomic E-state index is -1.05. The van der Waals surface area contributed by atoms with Crippen molar-refractivity contribution < 1.29 is 19.2 Å². The molecular weight excluding hydrogens is 340 g/mol. The number of carbonyl (C=O) groups excluding carboxylic acids is 2. The fourth-order valence-electron chi connectivity index (χ4n) is 2.47. The molecule has 1 amide bonds. The predicted octanol–water partition coefficient (Wildman–Crippen LogP) is 2.06. The van der Waals surface area contributed by atoms with Crippen LogP contribution in [-0.4, -0.2) is 32.7 Å². The molecule has 1 atom stereocenters. The topological polar surface area (TPSA) is 116 Å². The van der Waals surface area contributed by atoms with Gasteiger partial charge >= 0.3 is 5.97 Å². The van der Waals surface area contributed by atoms with Gasteiger partial charge in [0.15, 0.2) is 6.10 Å². The number of nitrogens with one attached hydrogen (secondary N) is 1. The van der Waals surface area contributed by atoms with Crippen molar-refractivity contribution in [1.82, 2.24) is 9.78 Å². The molecule has 9 heteroatoms. The summed E-state index contributed by atoms with van der Waals surface area (Å²) in [6.45, 7) is 5.00. The summed E-state index contributed by atoms with van der Waals surface area (Å²) < 4.78 is 6.74. The normalized spacial score (nSPS) is 11.7. The summed E-state index contributed by atoms with van der Waals surface area (Å²) in [4.78, 5) is 34.7. The zero-order valence-corrected chi connectivity index (χ0v) is 15.0. The van der Waals surface area contributed by atoms with E-state index in [1.54, 1.807) is 31.6 Å². The van der Waals surface area contributed by atoms with E-state index in [0.717, 1.165) is 5.69 Å². The van der Waals surface area contributed by atoms with Crippen LogP contribution < -0.4 is 5.32 Å². The molecule has 1 heterocycles. The Morgan fingerprint density at radius 1 is 1.35 bits per heavy atom. The lowest BCUT2D eigenvalue weighted by Gasteiger charge is -2.14. The SMILES string of the molecule is Cc1nn(C)c(C)c1NC(=O)C(C)OC(=O)Cc1ccccc1[N+](=O)[O-]. The quantitative estimate of drug-likeness (QED) is 0.479. The van der Waals surface area contributed by atoms with E-state index in [1.165, 1.54) is 25.1 Å². The van der Waals surface area contributed by atoms with Gasteiger partial charge in [-0.2, -0.15) is 5.10 Å². The minimum absolute atomic E-state index is 0.164. The van der Waals surface area contributed by atoms with E-state index in [2.05, 4.69) is 10.4 Å². The molecule has 0 aliphatic rings. The Kier molecular flexibility index (Phi) is 5.71. The molecule has 0 saturated carbocycles. The number of nitro benzene ring substituents is 1. The molecule has 2 rings (SSSR count). The van der Waals surface area contributed by atoms with Crippen molar-refractivity contribution in [3.63, 3.8) is 0 Å². The van der Waals surface area contributed by atoms with Gasteiger partial charge in [-0.25, -0.2) is 0 Å². The van der Waals surface area contributed by atoms with Crippen LogP contribution >= 0.6 is 0 Å². The number of nitro groups is 1. The van der Waals surface area contributed by atoms with Crippen molar-refractivity contribution in [1.29, 1.82) is 0 Å². The number of anilines is 1. The van der Waals surface area contributed by atoms with E-state index < -0.39 is 22.9 Å². The summed E-state index contributed by atoms with van der Waals surface area (Å²) in [6, 6.07) is 5.90. The van der Waals surface area contributed by atoms with E-state index in [4.69, 9.17) is 4.74 Å². The average Bonchev–Trinajstić information content (AvgIpc) is 2.81. The van der Waals surface area contributed by atoms with Gasteiger partial charge in [-0.1, -0.05) is 18.2 Å². The molecule has 138 valence electrons. The van der Waals surface area contributed by atoms with Gasteiger partial charge in [0.2, 0.25) is 0 Å². The van der Waals surface area contributed by atoms with Crippen molar-refractivity contribution in [2.45, 2.75) is 33.3 Å². The van der Waals surface area contributed by atoms with Crippen molar-refractivity contribution in [2.75, 3.05) is 5.32 Å². The third-order valence-corrected chi connectivity index (χ3v) is 3.96. The molecule has 0 fully saturated rings. The van der Waals surface area contributed by atoms with Crippen LogP contribution in [0, 0.1) is 24.0 Å². The van der Waals surface area contributed by atoms with E-state index in [-0.39, 0.29) is 17.7 Å². The highest BCUT2D eigenvalue weighted by Crippen LogP contribution is 2.20. The van der Waals surface area contributed by atoms with Gasteiger partial charge in [-0.3, -0.25) is 24.4 Å². The molecule has 0 aliphatic carbocycles. The van der Waals surface area contributed by atoms with Gasteiger partial charge in [0.1, 0.15) is 0 Å². The third-order valence-electron chi connectivity index (χ3n) is 3.96. The second kappa shape index (κ2) is 7.77. The number of carbonyl (C=O) groups is 2. The Bertz CT molecular complexity index is 859. The second-order valence-electron chi connectivity index (χ2n) is 5.85. The van der Waals surface area contributed by atoms with Crippen molar-refractivity contribution in [2.24, 2.45) is 7.05 Å². The number of nitrogens with zero attached hydrogens (tertiary/aromatic N) is 3. The molecule has 1 aromatic carbocycles. The Balaban J connectivity index is 2.01. The molecule has 2 aromatic rings. The molecule has 1 unspecified atom stereocenters. The van der Waals surface area contributed by atoms with Crippen LogP contribution in [0.15, 0.2) is 24.3 Å². The van der Waals surface area contributed by atoms with Gasteiger partial charge in [-0.05, 0) is 20.8 Å². The van der Waals surface area contributed by atoms with Crippen LogP contribution in [0.25, 0.3) is 0 Å². The number of hydrogen-bond acceptors (Lipinski definition) is 6. The maximum atomic E-state index is 12.3. The Morgan fingerprint density at radius 3 is 2.58 bits per heavy atom. The molecular formula is C17H20N4O5. The second-order valence-corrected chi connectivity index (χ2v) is 5.85. The highest BCUT2D eigenvalue weighted by Gasteiger charge is 2.23. The number of rotatable bonds is 6. The lowest BCUT2D eigenvalue weighted by Crippen LogP contribution is -2.30. The number of esters is 1. The van der Waals surface area contributed by atoms with Crippen LogP contribution in [0.2, 0.25) is 0 Å². The number of aryl methyl sites for hydroxylation is 2. The molecule has 26 heavy (non-hydrogen) atoms. The van der Waals surface area contributed by atoms with Crippen molar-refractivity contribution in [3.8, 4) is 0 Å². The zero-order valence-electron chi connectivity index (χ0n) is 15.0. The van der Waals surface area contributed by atoms with Crippen LogP contribution in [0.4, 0.5) is 11.4 Å². The Morgan fingerprint density at radius 2 is 2.00 bits per heavy atom. The lowest BCUT2D eigenvalue weighted by molar-refractivity contribution is -0.385. The van der Waals surface area contributed by atoms with Crippen LogP contribution in [-0.2, 0) is 27.8 Å². The summed E-state index contributed by atoms with van der Waals surface area (Å²) in [5.74, 6) is -1.22. The molecule has 0 saturated heterocycles. The standard InChI is InChI=1S/C17H20N4O5/c1-10-16(11(2)20(4)19-10)18-17(23)12(3)26-15(22)9-13-7-5-6-8-14(13)21(24)25/h5-8,12H,9H2,1-4H3,(H,18,23). The molecule has 1 N–H and O–H groups in total. The summed E-state index contributed by atoms with van der Waals surface area (Å²) in [6.07, 6.45) is -1.34. The van der Waals surface area contributed by atoms with Crippen molar-refractivity contribution >= 4 is 23.3 Å². The molecule has 0 bridgehead atoms. The molecule has 0 spiro atoms. The summed E-state index contributed by atoms with van der Waals surface area (Å²) in [7, 11) is 1.76. The first-order chi connectivity index (χ1) is 12.2. The first-order valence-corrected chi connectivity index (χ1v) is 7.93. The molecule has 0 radical (unpaired) electrons. The Labute approximate surface area is 150 Å². The number of amides is 1. The monoisotopic (exact) mass is 360 g/mol. The van der Waals surface area contributed by atoms with Crippen molar-refractivity contribution in [3.05, 3.63) is 51.3 Å². The third kappa shape index (κ3) is 4.24. The van der Waals surface area contributed by atoms with E-state index >= 15 is 0 Å². The summed E-state index contributed by atoms with van der Waals surface area (Å²) in [5, 5.41) is 17.9. The van der Waals surface area contributed by atoms with Gasteiger partial charge in [0.25, 0.3) is 11.6 Å². The highest BCUT2D eigenvalue weighted by atomic mass is 16.6. The van der Waals surface area contributed by atoms with Gasteiger partial charge in [0, 0.05) is 18.7 Å². The lowest BCUT2D eigenvalue weighted by atomic mass is 10.1. The van der Waals surface area contributed by atoms with E-state index in [1.807, 2.05) is 0 Å².